The highest BCUT2D eigenvalue weighted by molar-refractivity contribution is 7.27. The number of fused-ring (bicyclic) bond motifs is 18. The molecule has 474 valence electrons. The lowest BCUT2D eigenvalue weighted by Gasteiger charge is -2.10. The number of hydrogen-bond acceptors (Lipinski definition) is 12. The van der Waals surface area contributed by atoms with Crippen molar-refractivity contribution in [3.05, 3.63) is 291 Å². The van der Waals surface area contributed by atoms with Gasteiger partial charge in [-0.15, -0.1) is 45.3 Å². The lowest BCUT2D eigenvalue weighted by Crippen LogP contribution is -2.00. The summed E-state index contributed by atoms with van der Waals surface area (Å²) in [7, 11) is 0. The molecule has 0 amide bonds. The van der Waals surface area contributed by atoms with Crippen molar-refractivity contribution in [2.75, 3.05) is 0 Å². The standard InChI is InChI=1S/C90H48N6O2S4/c1-2-13-50(14-3-1)85-91-87(94-88(92-85)56-32-37-60-69-43-53(34-40-72(69)97-74(60)46-56)58-18-10-20-65-62-15-4-7-23-76(62)101-83(58)65)55-36-42-79-71(45-55)64-39-31-52(48-81(64)100-79)49-27-29-51(30-28-49)86-93-89(96-90(95-86)68-22-12-26-80-82(68)67-17-6-9-25-78(67)99-80)57-33-38-61-70-44-54(35-41-73(70)98-75(61)47-57)59-19-11-21-66-63-16-5-8-24-77(63)102-84(59)66/h1-48H. The van der Waals surface area contributed by atoms with Gasteiger partial charge in [0.05, 0.1) is 0 Å². The highest BCUT2D eigenvalue weighted by Gasteiger charge is 2.23. The molecule has 8 nitrogen and oxygen atoms in total. The molecule has 14 aromatic carbocycles. The minimum atomic E-state index is 0.564. The molecular weight excluding hydrogens is 1330 g/mol. The van der Waals surface area contributed by atoms with E-state index < -0.39 is 0 Å². The van der Waals surface area contributed by atoms with Gasteiger partial charge in [-0.3, -0.25) is 0 Å². The van der Waals surface area contributed by atoms with Gasteiger partial charge < -0.3 is 8.83 Å². The van der Waals surface area contributed by atoms with Crippen molar-refractivity contribution in [1.29, 1.82) is 0 Å². The summed E-state index contributed by atoms with van der Waals surface area (Å²) in [6, 6.07) is 103. The predicted octanol–water partition coefficient (Wildman–Crippen LogP) is 26.3. The fourth-order valence-electron chi connectivity index (χ4n) is 15.1. The number of hydrogen-bond donors (Lipinski definition) is 0. The predicted molar refractivity (Wildman–Crippen MR) is 428 cm³/mol. The summed E-state index contributed by atoms with van der Waals surface area (Å²) in [6.45, 7) is 0. The van der Waals surface area contributed by atoms with Crippen molar-refractivity contribution < 1.29 is 8.83 Å². The largest absolute Gasteiger partial charge is 0.456 e. The smallest absolute Gasteiger partial charge is 0.164 e. The zero-order valence-corrected chi connectivity index (χ0v) is 57.1. The summed E-state index contributed by atoms with van der Waals surface area (Å²) in [5.74, 6) is 3.51. The Bertz CT molecular complexity index is 7280. The van der Waals surface area contributed by atoms with Gasteiger partial charge in [-0.25, -0.2) is 29.9 Å². The van der Waals surface area contributed by atoms with E-state index in [0.717, 1.165) is 110 Å². The molecule has 8 heterocycles. The van der Waals surface area contributed by atoms with Crippen molar-refractivity contribution in [3.63, 3.8) is 0 Å². The van der Waals surface area contributed by atoms with Gasteiger partial charge in [0.15, 0.2) is 34.9 Å². The monoisotopic (exact) mass is 1370 g/mol. The Kier molecular flexibility index (Phi) is 12.7. The molecule has 0 radical (unpaired) electrons. The Hall–Kier alpha value is -12.4. The molecule has 22 rings (SSSR count). The molecule has 0 aliphatic heterocycles. The van der Waals surface area contributed by atoms with E-state index in [0.29, 0.717) is 34.9 Å². The summed E-state index contributed by atoms with van der Waals surface area (Å²) >= 11 is 7.26. The fourth-order valence-corrected chi connectivity index (χ4v) is 19.8. The summed E-state index contributed by atoms with van der Waals surface area (Å²) in [4.78, 5) is 31.5. The lowest BCUT2D eigenvalue weighted by atomic mass is 10.0. The van der Waals surface area contributed by atoms with Crippen LogP contribution in [0.2, 0.25) is 0 Å². The number of rotatable bonds is 9. The van der Waals surface area contributed by atoms with Gasteiger partial charge in [-0.2, -0.15) is 0 Å². The van der Waals surface area contributed by atoms with Gasteiger partial charge in [-0.1, -0.05) is 194 Å². The highest BCUT2D eigenvalue weighted by Crippen LogP contribution is 2.47. The number of nitrogens with zero attached hydrogens (tertiary/aromatic N) is 6. The van der Waals surface area contributed by atoms with Gasteiger partial charge in [0.25, 0.3) is 0 Å². The molecule has 0 spiro atoms. The summed E-state index contributed by atoms with van der Waals surface area (Å²) in [6.07, 6.45) is 0. The first kappa shape index (κ1) is 57.5. The van der Waals surface area contributed by atoms with E-state index in [2.05, 4.69) is 261 Å². The first-order valence-electron chi connectivity index (χ1n) is 33.8. The van der Waals surface area contributed by atoms with E-state index in [4.69, 9.17) is 38.7 Å². The van der Waals surface area contributed by atoms with Gasteiger partial charge in [0.1, 0.15) is 22.3 Å². The topological polar surface area (TPSA) is 104 Å². The van der Waals surface area contributed by atoms with Crippen LogP contribution >= 0.6 is 45.3 Å². The quantitative estimate of drug-likeness (QED) is 0.141. The van der Waals surface area contributed by atoms with Crippen LogP contribution in [0.5, 0.6) is 0 Å². The molecule has 0 unspecified atom stereocenters. The molecule has 102 heavy (non-hydrogen) atoms. The van der Waals surface area contributed by atoms with Gasteiger partial charge in [0.2, 0.25) is 0 Å². The Balaban J connectivity index is 0.594. The van der Waals surface area contributed by atoms with Crippen molar-refractivity contribution in [3.8, 4) is 102 Å². The first-order chi connectivity index (χ1) is 50.4. The van der Waals surface area contributed by atoms with E-state index >= 15 is 0 Å². The lowest BCUT2D eigenvalue weighted by molar-refractivity contribution is 0.668. The van der Waals surface area contributed by atoms with Crippen LogP contribution in [-0.2, 0) is 0 Å². The van der Waals surface area contributed by atoms with E-state index in [-0.39, 0.29) is 0 Å². The zero-order valence-electron chi connectivity index (χ0n) is 53.8. The van der Waals surface area contributed by atoms with Gasteiger partial charge >= 0.3 is 0 Å². The van der Waals surface area contributed by atoms with Crippen molar-refractivity contribution >= 4 is 170 Å². The van der Waals surface area contributed by atoms with Crippen LogP contribution in [-0.4, -0.2) is 29.9 Å². The maximum absolute atomic E-state index is 6.69. The molecule has 8 aromatic heterocycles. The maximum Gasteiger partial charge on any atom is 0.164 e. The fraction of sp³-hybridized carbons (Fsp3) is 0. The van der Waals surface area contributed by atoms with Crippen LogP contribution < -0.4 is 0 Å². The summed E-state index contributed by atoms with van der Waals surface area (Å²) in [5, 5.41) is 14.0. The van der Waals surface area contributed by atoms with E-state index in [1.165, 1.54) is 81.0 Å². The third kappa shape index (κ3) is 9.24. The molecule has 0 atom stereocenters. The van der Waals surface area contributed by atoms with Crippen molar-refractivity contribution in [2.24, 2.45) is 0 Å². The molecule has 12 heteroatoms. The van der Waals surface area contributed by atoms with Crippen LogP contribution in [0.15, 0.2) is 300 Å². The first-order valence-corrected chi connectivity index (χ1v) is 37.0. The highest BCUT2D eigenvalue weighted by atomic mass is 32.1. The average molecular weight is 1370 g/mol. The molecule has 0 aliphatic carbocycles. The van der Waals surface area contributed by atoms with Gasteiger partial charge in [-0.05, 0) is 130 Å². The number of benzene rings is 14. The molecule has 0 N–H and O–H groups in total. The normalized spacial score (nSPS) is 12.1. The molecule has 0 saturated heterocycles. The van der Waals surface area contributed by atoms with Crippen LogP contribution in [0, 0.1) is 0 Å². The van der Waals surface area contributed by atoms with Crippen LogP contribution in [0.3, 0.4) is 0 Å². The SMILES string of the molecule is c1ccc(-c2nc(-c3ccc4c(c3)oc3ccc(-c5cccc6c5sc5ccccc56)cc34)nc(-c3ccc4sc5cc(-c6ccc(-c7nc(-c8ccc9c(c8)oc8ccc(-c%10cccc%11c%10sc%10ccccc%10%11)cc89)nc(-c8cccc9sc%10ccccc%10c89)n7)cc6)ccc5c4c3)n2)cc1. The average Bonchev–Trinajstić information content (AvgIpc) is 1.59. The summed E-state index contributed by atoms with van der Waals surface area (Å²) < 4.78 is 23.2. The van der Waals surface area contributed by atoms with Crippen LogP contribution in [0.25, 0.3) is 226 Å². The Morgan fingerprint density at radius 2 is 0.578 bits per heavy atom. The Labute approximate surface area is 597 Å². The van der Waals surface area contributed by atoms with E-state index in [1.807, 2.05) is 53.0 Å². The molecular formula is C90H48N6O2S4. The molecule has 22 aromatic rings. The van der Waals surface area contributed by atoms with E-state index in [1.54, 1.807) is 22.7 Å². The van der Waals surface area contributed by atoms with Crippen LogP contribution in [0.1, 0.15) is 0 Å². The van der Waals surface area contributed by atoms with Crippen molar-refractivity contribution in [2.45, 2.75) is 0 Å². The molecule has 0 saturated carbocycles. The summed E-state index contributed by atoms with van der Waals surface area (Å²) in [5.41, 5.74) is 15.5. The van der Waals surface area contributed by atoms with Crippen LogP contribution in [0.4, 0.5) is 0 Å². The molecule has 0 bridgehead atoms. The third-order valence-corrected chi connectivity index (χ3v) is 24.8. The van der Waals surface area contributed by atoms with E-state index in [9.17, 15) is 0 Å². The third-order valence-electron chi connectivity index (χ3n) is 20.0. The maximum atomic E-state index is 6.69. The molecule has 0 fully saturated rings. The minimum absolute atomic E-state index is 0.564. The molecule has 0 aliphatic rings. The second-order valence-electron chi connectivity index (χ2n) is 26.0. The number of thiophene rings is 4. The second-order valence-corrected chi connectivity index (χ2v) is 30.2. The Morgan fingerprint density at radius 1 is 0.186 bits per heavy atom. The minimum Gasteiger partial charge on any atom is -0.456 e. The Morgan fingerprint density at radius 3 is 1.19 bits per heavy atom. The van der Waals surface area contributed by atoms with Gasteiger partial charge in [0, 0.05) is 136 Å². The number of aromatic nitrogens is 6. The van der Waals surface area contributed by atoms with Crippen molar-refractivity contribution in [1.82, 2.24) is 29.9 Å². The zero-order chi connectivity index (χ0) is 66.7. The number of furan rings is 2. The second kappa shape index (κ2) is 22.5.